The fourth-order valence-corrected chi connectivity index (χ4v) is 2.30. The highest BCUT2D eigenvalue weighted by atomic mass is 31.2. The molecule has 12 heavy (non-hydrogen) atoms. The first-order valence-corrected chi connectivity index (χ1v) is 5.82. The van der Waals surface area contributed by atoms with Crippen LogP contribution in [0.15, 0.2) is 5.16 Å². The van der Waals surface area contributed by atoms with Crippen LogP contribution in [0.1, 0.15) is 19.8 Å². The number of hydrogen-bond donors (Lipinski definition) is 3. The summed E-state index contributed by atoms with van der Waals surface area (Å²) in [5.74, 6) is 0.000350. The third-order valence-corrected chi connectivity index (χ3v) is 3.49. The van der Waals surface area contributed by atoms with Gasteiger partial charge < -0.3 is 15.8 Å². The number of rotatable bonds is 5. The molecule has 0 fully saturated rings. The summed E-state index contributed by atoms with van der Waals surface area (Å²) in [4.78, 5) is 9.22. The molecule has 0 amide bonds. The highest BCUT2D eigenvalue weighted by molar-refractivity contribution is 7.58. The smallest absolute Gasteiger partial charge is 0.201 e. The number of amidine groups is 1. The van der Waals surface area contributed by atoms with Crippen LogP contribution in [0.25, 0.3) is 0 Å². The standard InChI is InChI=1S/C6H15N2O3P/c1-2-4-12(10,11)5-3-6(7)8-9/h9H,2-5H2,1H3,(H2,7,8)(H,10,11). The third-order valence-electron chi connectivity index (χ3n) is 1.42. The van der Waals surface area contributed by atoms with Crippen molar-refractivity contribution in [3.63, 3.8) is 0 Å². The molecule has 0 aromatic rings. The van der Waals surface area contributed by atoms with Crippen molar-refractivity contribution in [2.75, 3.05) is 12.3 Å². The molecular weight excluding hydrogens is 179 g/mol. The highest BCUT2D eigenvalue weighted by Crippen LogP contribution is 2.41. The zero-order chi connectivity index (χ0) is 9.61. The lowest BCUT2D eigenvalue weighted by atomic mass is 10.5. The topological polar surface area (TPSA) is 95.9 Å². The van der Waals surface area contributed by atoms with Crippen molar-refractivity contribution < 1.29 is 14.7 Å². The second-order valence-corrected chi connectivity index (χ2v) is 5.22. The van der Waals surface area contributed by atoms with Gasteiger partial charge in [0.25, 0.3) is 0 Å². The van der Waals surface area contributed by atoms with Crippen molar-refractivity contribution in [1.82, 2.24) is 0 Å². The van der Waals surface area contributed by atoms with Gasteiger partial charge in [-0.3, -0.25) is 4.57 Å². The summed E-state index contributed by atoms with van der Waals surface area (Å²) in [5, 5.41) is 10.9. The van der Waals surface area contributed by atoms with Crippen LogP contribution in [-0.2, 0) is 4.57 Å². The van der Waals surface area contributed by atoms with Crippen molar-refractivity contribution in [3.05, 3.63) is 0 Å². The lowest BCUT2D eigenvalue weighted by Gasteiger charge is -2.08. The van der Waals surface area contributed by atoms with Crippen LogP contribution in [0.5, 0.6) is 0 Å². The molecule has 1 unspecified atom stereocenters. The summed E-state index contributed by atoms with van der Waals surface area (Å²) >= 11 is 0. The Morgan fingerprint density at radius 2 is 2.17 bits per heavy atom. The largest absolute Gasteiger partial charge is 0.409 e. The fraction of sp³-hybridized carbons (Fsp3) is 0.833. The van der Waals surface area contributed by atoms with Gasteiger partial charge in [0.15, 0.2) is 0 Å². The van der Waals surface area contributed by atoms with E-state index in [-0.39, 0.29) is 18.4 Å². The zero-order valence-corrected chi connectivity index (χ0v) is 8.00. The van der Waals surface area contributed by atoms with Crippen LogP contribution in [0.3, 0.4) is 0 Å². The summed E-state index contributed by atoms with van der Waals surface area (Å²) in [7, 11) is -3.03. The van der Waals surface area contributed by atoms with E-state index in [1.165, 1.54) is 0 Å². The molecule has 0 aromatic heterocycles. The SMILES string of the molecule is CCCP(=O)(O)CCC(N)=NO. The van der Waals surface area contributed by atoms with E-state index in [0.29, 0.717) is 12.6 Å². The van der Waals surface area contributed by atoms with E-state index in [4.69, 9.17) is 10.9 Å². The quantitative estimate of drug-likeness (QED) is 0.198. The molecule has 0 rings (SSSR count). The third kappa shape index (κ3) is 5.16. The van der Waals surface area contributed by atoms with Crippen LogP contribution in [0, 0.1) is 0 Å². The molecule has 0 saturated carbocycles. The Balaban J connectivity index is 3.84. The molecule has 0 aromatic carbocycles. The van der Waals surface area contributed by atoms with Gasteiger partial charge in [0.1, 0.15) is 5.84 Å². The summed E-state index contributed by atoms with van der Waals surface area (Å²) in [6.45, 7) is 1.84. The molecule has 5 nitrogen and oxygen atoms in total. The maximum atomic E-state index is 11.2. The molecular formula is C6H15N2O3P. The van der Waals surface area contributed by atoms with E-state index in [9.17, 15) is 9.46 Å². The average molecular weight is 194 g/mol. The lowest BCUT2D eigenvalue weighted by molar-refractivity contribution is 0.317. The fourth-order valence-electron chi connectivity index (χ4n) is 0.800. The predicted molar refractivity (Wildman–Crippen MR) is 47.9 cm³/mol. The summed E-state index contributed by atoms with van der Waals surface area (Å²) in [6.07, 6.45) is 1.23. The number of oxime groups is 1. The molecule has 0 saturated heterocycles. The Labute approximate surface area is 71.7 Å². The van der Waals surface area contributed by atoms with Crippen molar-refractivity contribution in [1.29, 1.82) is 0 Å². The predicted octanol–water partition coefficient (Wildman–Crippen LogP) is 0.803. The van der Waals surface area contributed by atoms with Crippen molar-refractivity contribution >= 4 is 13.2 Å². The Morgan fingerprint density at radius 1 is 1.58 bits per heavy atom. The molecule has 0 aliphatic carbocycles. The summed E-state index contributed by atoms with van der Waals surface area (Å²) in [6, 6.07) is 0. The first-order valence-electron chi connectivity index (χ1n) is 3.79. The molecule has 0 spiro atoms. The van der Waals surface area contributed by atoms with E-state index in [1.54, 1.807) is 0 Å². The second kappa shape index (κ2) is 5.17. The van der Waals surface area contributed by atoms with Crippen LogP contribution in [-0.4, -0.2) is 28.3 Å². The number of nitrogens with two attached hydrogens (primary N) is 1. The summed E-state index contributed by atoms with van der Waals surface area (Å²) < 4.78 is 11.2. The Morgan fingerprint density at radius 3 is 2.58 bits per heavy atom. The lowest BCUT2D eigenvalue weighted by Crippen LogP contribution is -2.13. The monoisotopic (exact) mass is 194 g/mol. The van der Waals surface area contributed by atoms with E-state index in [2.05, 4.69) is 5.16 Å². The van der Waals surface area contributed by atoms with Gasteiger partial charge in [-0.25, -0.2) is 0 Å². The minimum Gasteiger partial charge on any atom is -0.409 e. The van der Waals surface area contributed by atoms with Gasteiger partial charge in [-0.05, 0) is 6.42 Å². The van der Waals surface area contributed by atoms with E-state index >= 15 is 0 Å². The Hall–Kier alpha value is -0.540. The molecule has 1 atom stereocenters. The molecule has 4 N–H and O–H groups in total. The second-order valence-electron chi connectivity index (χ2n) is 2.63. The van der Waals surface area contributed by atoms with Gasteiger partial charge in [0, 0.05) is 18.7 Å². The van der Waals surface area contributed by atoms with Gasteiger partial charge >= 0.3 is 0 Å². The normalized spacial score (nSPS) is 17.3. The molecule has 0 bridgehead atoms. The average Bonchev–Trinajstić information content (AvgIpc) is 2.00. The van der Waals surface area contributed by atoms with Crippen molar-refractivity contribution in [3.8, 4) is 0 Å². The first-order chi connectivity index (χ1) is 5.52. The maximum absolute atomic E-state index is 11.2. The van der Waals surface area contributed by atoms with E-state index in [1.807, 2.05) is 6.92 Å². The van der Waals surface area contributed by atoms with Gasteiger partial charge in [-0.2, -0.15) is 0 Å². The minimum absolute atomic E-state index is 0.000350. The van der Waals surface area contributed by atoms with E-state index < -0.39 is 7.37 Å². The van der Waals surface area contributed by atoms with E-state index in [0.717, 1.165) is 0 Å². The molecule has 0 heterocycles. The van der Waals surface area contributed by atoms with Gasteiger partial charge in [-0.15, -0.1) is 0 Å². The van der Waals surface area contributed by atoms with Crippen LogP contribution < -0.4 is 5.73 Å². The van der Waals surface area contributed by atoms with Crippen LogP contribution >= 0.6 is 7.37 Å². The zero-order valence-electron chi connectivity index (χ0n) is 7.10. The van der Waals surface area contributed by atoms with Crippen LogP contribution in [0.4, 0.5) is 0 Å². The minimum atomic E-state index is -3.03. The van der Waals surface area contributed by atoms with Crippen LogP contribution in [0.2, 0.25) is 0 Å². The molecule has 72 valence electrons. The maximum Gasteiger partial charge on any atom is 0.201 e. The van der Waals surface area contributed by atoms with Crippen molar-refractivity contribution in [2.45, 2.75) is 19.8 Å². The Bertz CT molecular complexity index is 205. The number of hydrogen-bond acceptors (Lipinski definition) is 3. The molecule has 0 aliphatic heterocycles. The van der Waals surface area contributed by atoms with Gasteiger partial charge in [0.05, 0.1) is 0 Å². The first kappa shape index (κ1) is 11.5. The molecule has 0 radical (unpaired) electrons. The molecule has 0 aliphatic rings. The summed E-state index contributed by atoms with van der Waals surface area (Å²) in [5.41, 5.74) is 5.14. The Kier molecular flexibility index (Phi) is 4.93. The van der Waals surface area contributed by atoms with Gasteiger partial charge in [0.2, 0.25) is 7.37 Å². The number of nitrogens with zero attached hydrogens (tertiary/aromatic N) is 1. The van der Waals surface area contributed by atoms with Crippen molar-refractivity contribution in [2.24, 2.45) is 10.9 Å². The van der Waals surface area contributed by atoms with Gasteiger partial charge in [-0.1, -0.05) is 12.1 Å². The highest BCUT2D eigenvalue weighted by Gasteiger charge is 2.16. The molecule has 6 heteroatoms.